The molecule has 1 aromatic heterocycles. The highest BCUT2D eigenvalue weighted by atomic mass is 19.1. The number of carbonyl (C=O) groups excluding carboxylic acids is 1. The number of hydrogen-bond donors (Lipinski definition) is 0. The number of aryl methyl sites for hydroxylation is 1. The molecule has 2 heterocycles. The lowest BCUT2D eigenvalue weighted by Crippen LogP contribution is -2.47. The molecule has 0 bridgehead atoms. The normalized spacial score (nSPS) is 16.0. The summed E-state index contributed by atoms with van der Waals surface area (Å²) in [6.07, 6.45) is 4.41. The van der Waals surface area contributed by atoms with Gasteiger partial charge in [0.1, 0.15) is 17.5 Å². The number of nitrogens with zero attached hydrogens (tertiary/aromatic N) is 3. The van der Waals surface area contributed by atoms with Gasteiger partial charge < -0.3 is 4.90 Å². The number of fused-ring (bicyclic) bond motifs is 1. The average Bonchev–Trinajstić information content (AvgIpc) is 3.34. The van der Waals surface area contributed by atoms with Crippen LogP contribution in [-0.2, 0) is 12.8 Å². The molecule has 0 amide bonds. The molecule has 2 aromatic carbocycles. The molecular formula is C28H29F2N3O. The van der Waals surface area contributed by atoms with Crippen molar-refractivity contribution < 1.29 is 13.6 Å². The Morgan fingerprint density at radius 1 is 0.882 bits per heavy atom. The lowest BCUT2D eigenvalue weighted by molar-refractivity contribution is 0.0974. The molecule has 5 rings (SSSR count). The van der Waals surface area contributed by atoms with Gasteiger partial charge in [0.2, 0.25) is 0 Å². The van der Waals surface area contributed by atoms with Crippen LogP contribution in [0.2, 0.25) is 0 Å². The van der Waals surface area contributed by atoms with Gasteiger partial charge in [0.25, 0.3) is 0 Å². The molecule has 0 radical (unpaired) electrons. The lowest BCUT2D eigenvalue weighted by atomic mass is 9.99. The molecule has 0 atom stereocenters. The average molecular weight is 462 g/mol. The molecule has 0 unspecified atom stereocenters. The third kappa shape index (κ3) is 5.02. The molecule has 176 valence electrons. The zero-order valence-corrected chi connectivity index (χ0v) is 19.3. The number of hydrogen-bond acceptors (Lipinski definition) is 4. The van der Waals surface area contributed by atoms with Crippen LogP contribution in [0, 0.1) is 11.6 Å². The number of anilines is 1. The van der Waals surface area contributed by atoms with Crippen molar-refractivity contribution in [2.24, 2.45) is 0 Å². The number of piperazine rings is 1. The highest BCUT2D eigenvalue weighted by Gasteiger charge is 2.23. The van der Waals surface area contributed by atoms with Crippen LogP contribution in [0.4, 0.5) is 14.6 Å². The van der Waals surface area contributed by atoms with Gasteiger partial charge in [-0.3, -0.25) is 9.69 Å². The Labute approximate surface area is 199 Å². The van der Waals surface area contributed by atoms with Crippen molar-refractivity contribution in [3.63, 3.8) is 0 Å². The van der Waals surface area contributed by atoms with Crippen LogP contribution in [0.25, 0.3) is 11.1 Å². The van der Waals surface area contributed by atoms with E-state index in [1.807, 2.05) is 12.1 Å². The Hall–Kier alpha value is -3.12. The summed E-state index contributed by atoms with van der Waals surface area (Å²) in [5.74, 6) is 0.530. The van der Waals surface area contributed by atoms with E-state index in [0.29, 0.717) is 12.0 Å². The molecule has 3 aromatic rings. The van der Waals surface area contributed by atoms with E-state index in [0.717, 1.165) is 69.8 Å². The second kappa shape index (κ2) is 10.0. The number of carbonyl (C=O) groups is 1. The van der Waals surface area contributed by atoms with Crippen molar-refractivity contribution in [1.29, 1.82) is 0 Å². The number of pyridine rings is 1. The van der Waals surface area contributed by atoms with Crippen LogP contribution < -0.4 is 4.90 Å². The van der Waals surface area contributed by atoms with Crippen molar-refractivity contribution >= 4 is 11.6 Å². The topological polar surface area (TPSA) is 36.4 Å². The van der Waals surface area contributed by atoms with Gasteiger partial charge in [-0.25, -0.2) is 13.8 Å². The summed E-state index contributed by atoms with van der Waals surface area (Å²) in [5.41, 5.74) is 5.29. The van der Waals surface area contributed by atoms with Crippen molar-refractivity contribution in [3.8, 4) is 11.1 Å². The Balaban J connectivity index is 1.19. The number of benzene rings is 2. The minimum Gasteiger partial charge on any atom is -0.354 e. The number of halogens is 2. The molecule has 1 fully saturated rings. The summed E-state index contributed by atoms with van der Waals surface area (Å²) >= 11 is 0. The van der Waals surface area contributed by atoms with Crippen molar-refractivity contribution in [2.45, 2.75) is 32.1 Å². The molecule has 34 heavy (non-hydrogen) atoms. The first-order chi connectivity index (χ1) is 16.6. The largest absolute Gasteiger partial charge is 0.354 e. The van der Waals surface area contributed by atoms with Gasteiger partial charge in [-0.2, -0.15) is 0 Å². The number of aromatic nitrogens is 1. The number of Topliss-reactive ketones (excluding diaryl/α,β-unsaturated/α-hetero) is 1. The Morgan fingerprint density at radius 2 is 1.56 bits per heavy atom. The van der Waals surface area contributed by atoms with Gasteiger partial charge in [0, 0.05) is 43.9 Å². The fourth-order valence-corrected chi connectivity index (χ4v) is 5.02. The zero-order chi connectivity index (χ0) is 23.5. The molecule has 0 N–H and O–H groups in total. The molecular weight excluding hydrogens is 432 g/mol. The van der Waals surface area contributed by atoms with Crippen LogP contribution in [0.15, 0.2) is 54.6 Å². The van der Waals surface area contributed by atoms with E-state index in [1.165, 1.54) is 41.1 Å². The summed E-state index contributed by atoms with van der Waals surface area (Å²) in [4.78, 5) is 22.0. The predicted molar refractivity (Wildman–Crippen MR) is 130 cm³/mol. The fraction of sp³-hybridized carbons (Fsp3) is 0.357. The first kappa shape index (κ1) is 22.7. The van der Waals surface area contributed by atoms with Crippen molar-refractivity contribution in [3.05, 3.63) is 83.1 Å². The SMILES string of the molecule is O=C(CCCN1CCN(c2cc(-c3ccc(F)cc3)c3c(n2)CCC3)CC1)c1ccc(F)cc1. The first-order valence-electron chi connectivity index (χ1n) is 12.1. The van der Waals surface area contributed by atoms with Gasteiger partial charge in [-0.05, 0) is 91.4 Å². The minimum absolute atomic E-state index is 0.0642. The minimum atomic E-state index is -0.322. The Kier molecular flexibility index (Phi) is 6.68. The van der Waals surface area contributed by atoms with Crippen LogP contribution in [0.3, 0.4) is 0 Å². The van der Waals surface area contributed by atoms with E-state index in [4.69, 9.17) is 4.98 Å². The molecule has 1 saturated heterocycles. The first-order valence-corrected chi connectivity index (χ1v) is 12.1. The molecule has 1 aliphatic carbocycles. The maximum Gasteiger partial charge on any atom is 0.162 e. The molecule has 0 spiro atoms. The van der Waals surface area contributed by atoms with Gasteiger partial charge in [-0.15, -0.1) is 0 Å². The fourth-order valence-electron chi connectivity index (χ4n) is 5.02. The van der Waals surface area contributed by atoms with Crippen LogP contribution >= 0.6 is 0 Å². The second-order valence-corrected chi connectivity index (χ2v) is 9.18. The molecule has 2 aliphatic rings. The number of rotatable bonds is 7. The van der Waals surface area contributed by atoms with Crippen molar-refractivity contribution in [1.82, 2.24) is 9.88 Å². The summed E-state index contributed by atoms with van der Waals surface area (Å²) in [7, 11) is 0. The molecule has 4 nitrogen and oxygen atoms in total. The quantitative estimate of drug-likeness (QED) is 0.448. The third-order valence-electron chi connectivity index (χ3n) is 6.93. The lowest BCUT2D eigenvalue weighted by Gasteiger charge is -2.35. The summed E-state index contributed by atoms with van der Waals surface area (Å²) in [5, 5.41) is 0. The van der Waals surface area contributed by atoms with Gasteiger partial charge in [0.15, 0.2) is 5.78 Å². The standard InChI is InChI=1S/C28H29F2N3O/c29-22-10-6-20(7-11-22)25-19-28(31-26-4-1-3-24(25)26)33-17-15-32(16-18-33)14-2-5-27(34)21-8-12-23(30)13-9-21/h6-13,19H,1-5,14-18H2. The van der Waals surface area contributed by atoms with Gasteiger partial charge in [0.05, 0.1) is 0 Å². The van der Waals surface area contributed by atoms with E-state index in [-0.39, 0.29) is 17.4 Å². The van der Waals surface area contributed by atoms with Gasteiger partial charge in [-0.1, -0.05) is 12.1 Å². The highest BCUT2D eigenvalue weighted by molar-refractivity contribution is 5.95. The van der Waals surface area contributed by atoms with Crippen LogP contribution in [-0.4, -0.2) is 48.4 Å². The van der Waals surface area contributed by atoms with E-state index in [9.17, 15) is 13.6 Å². The molecule has 0 saturated carbocycles. The monoisotopic (exact) mass is 461 g/mol. The summed E-state index contributed by atoms with van der Waals surface area (Å²) in [6.45, 7) is 4.51. The van der Waals surface area contributed by atoms with Crippen LogP contribution in [0.1, 0.15) is 40.9 Å². The van der Waals surface area contributed by atoms with Crippen LogP contribution in [0.5, 0.6) is 0 Å². The highest BCUT2D eigenvalue weighted by Crippen LogP contribution is 2.34. The van der Waals surface area contributed by atoms with E-state index < -0.39 is 0 Å². The summed E-state index contributed by atoms with van der Waals surface area (Å²) in [6, 6.07) is 14.7. The van der Waals surface area contributed by atoms with E-state index in [2.05, 4.69) is 15.9 Å². The smallest absolute Gasteiger partial charge is 0.162 e. The maximum absolute atomic E-state index is 13.5. The third-order valence-corrected chi connectivity index (χ3v) is 6.93. The molecule has 6 heteroatoms. The Bertz CT molecular complexity index is 1150. The Morgan fingerprint density at radius 3 is 2.26 bits per heavy atom. The maximum atomic E-state index is 13.5. The van der Waals surface area contributed by atoms with E-state index >= 15 is 0 Å². The zero-order valence-electron chi connectivity index (χ0n) is 19.3. The molecule has 1 aliphatic heterocycles. The van der Waals surface area contributed by atoms with E-state index in [1.54, 1.807) is 12.1 Å². The van der Waals surface area contributed by atoms with Crippen molar-refractivity contribution in [2.75, 3.05) is 37.6 Å². The predicted octanol–water partition coefficient (Wildman–Crippen LogP) is 5.30. The number of ketones is 1. The summed E-state index contributed by atoms with van der Waals surface area (Å²) < 4.78 is 26.5. The second-order valence-electron chi connectivity index (χ2n) is 9.18. The van der Waals surface area contributed by atoms with Gasteiger partial charge >= 0.3 is 0 Å².